The lowest BCUT2D eigenvalue weighted by atomic mass is 9.94. The molecule has 0 spiro atoms. The number of benzene rings is 1. The molecule has 2 N–H and O–H groups in total. The van der Waals surface area contributed by atoms with Crippen LogP contribution in [0, 0.1) is 11.2 Å². The molecule has 0 unspecified atom stereocenters. The van der Waals surface area contributed by atoms with Crippen LogP contribution in [0.25, 0.3) is 0 Å². The summed E-state index contributed by atoms with van der Waals surface area (Å²) in [6.07, 6.45) is 0. The van der Waals surface area contributed by atoms with Gasteiger partial charge < -0.3 is 15.1 Å². The highest BCUT2D eigenvalue weighted by atomic mass is 32.1. The summed E-state index contributed by atoms with van der Waals surface area (Å²) in [5.41, 5.74) is 0.274. The van der Waals surface area contributed by atoms with Crippen molar-refractivity contribution >= 4 is 22.9 Å². The standard InChI is InChI=1S/C22H30FN3OS/c1-16(24-21(27)22(2,3)4)20(19-10-7-15-28-19)26-13-11-25(12-14-26)18-9-6-5-8-17(18)23/h5-10,15-16,20H,11-14H2,1-4H3,(H,24,27)/p+1/t16-,20-/m0/s1. The Morgan fingerprint density at radius 3 is 2.43 bits per heavy atom. The van der Waals surface area contributed by atoms with E-state index in [1.54, 1.807) is 17.4 Å². The van der Waals surface area contributed by atoms with Crippen LogP contribution in [0.1, 0.15) is 38.6 Å². The van der Waals surface area contributed by atoms with E-state index < -0.39 is 5.41 Å². The van der Waals surface area contributed by atoms with Crippen molar-refractivity contribution in [1.29, 1.82) is 0 Å². The number of hydrogen-bond donors (Lipinski definition) is 2. The maximum absolute atomic E-state index is 14.1. The Bertz CT molecular complexity index is 779. The van der Waals surface area contributed by atoms with Crippen molar-refractivity contribution in [2.75, 3.05) is 31.1 Å². The number of amides is 1. The first-order valence-corrected chi connectivity index (χ1v) is 10.8. The fourth-order valence-corrected chi connectivity index (χ4v) is 4.82. The van der Waals surface area contributed by atoms with Crippen molar-refractivity contribution in [1.82, 2.24) is 5.32 Å². The van der Waals surface area contributed by atoms with Crippen LogP contribution in [-0.4, -0.2) is 38.1 Å². The van der Waals surface area contributed by atoms with Crippen molar-refractivity contribution in [2.24, 2.45) is 5.41 Å². The number of anilines is 1. The lowest BCUT2D eigenvalue weighted by Crippen LogP contribution is -3.16. The van der Waals surface area contributed by atoms with Gasteiger partial charge in [0.1, 0.15) is 11.9 Å². The van der Waals surface area contributed by atoms with Gasteiger partial charge in [0, 0.05) is 5.41 Å². The number of piperazine rings is 1. The summed E-state index contributed by atoms with van der Waals surface area (Å²) < 4.78 is 14.1. The molecule has 3 rings (SSSR count). The first-order chi connectivity index (χ1) is 13.3. The van der Waals surface area contributed by atoms with E-state index in [1.807, 2.05) is 32.9 Å². The Morgan fingerprint density at radius 2 is 1.86 bits per heavy atom. The largest absolute Gasteiger partial charge is 0.358 e. The van der Waals surface area contributed by atoms with Gasteiger partial charge in [-0.1, -0.05) is 39.0 Å². The minimum Gasteiger partial charge on any atom is -0.358 e. The average molecular weight is 405 g/mol. The number of carbonyl (C=O) groups excluding carboxylic acids is 1. The van der Waals surface area contributed by atoms with E-state index >= 15 is 0 Å². The van der Waals surface area contributed by atoms with Crippen LogP contribution < -0.4 is 15.1 Å². The van der Waals surface area contributed by atoms with Gasteiger partial charge in [-0.15, -0.1) is 11.3 Å². The first-order valence-electron chi connectivity index (χ1n) is 9.96. The maximum atomic E-state index is 14.1. The third-order valence-electron chi connectivity index (χ3n) is 5.43. The molecule has 1 aromatic carbocycles. The average Bonchev–Trinajstić information content (AvgIpc) is 3.16. The van der Waals surface area contributed by atoms with E-state index in [0.29, 0.717) is 5.69 Å². The van der Waals surface area contributed by atoms with Gasteiger partial charge in [-0.05, 0) is 30.5 Å². The second kappa shape index (κ2) is 8.62. The Morgan fingerprint density at radius 1 is 1.18 bits per heavy atom. The Hall–Kier alpha value is -1.92. The van der Waals surface area contributed by atoms with Crippen molar-refractivity contribution < 1.29 is 14.1 Å². The van der Waals surface area contributed by atoms with E-state index in [0.717, 1.165) is 26.2 Å². The summed E-state index contributed by atoms with van der Waals surface area (Å²) >= 11 is 1.74. The second-order valence-electron chi connectivity index (χ2n) is 8.60. The molecule has 0 radical (unpaired) electrons. The smallest absolute Gasteiger partial charge is 0.225 e. The van der Waals surface area contributed by atoms with Crippen LogP contribution in [0.15, 0.2) is 41.8 Å². The molecule has 4 nitrogen and oxygen atoms in total. The Balaban J connectivity index is 1.72. The number of nitrogens with zero attached hydrogens (tertiary/aromatic N) is 1. The van der Waals surface area contributed by atoms with E-state index in [9.17, 15) is 9.18 Å². The third-order valence-corrected chi connectivity index (χ3v) is 6.38. The number of thiophene rings is 1. The molecule has 1 amide bonds. The summed E-state index contributed by atoms with van der Waals surface area (Å²) in [4.78, 5) is 17.4. The molecule has 0 bridgehead atoms. The zero-order valence-corrected chi connectivity index (χ0v) is 18.0. The number of carbonyl (C=O) groups is 1. The van der Waals surface area contributed by atoms with Crippen molar-refractivity contribution in [3.8, 4) is 0 Å². The monoisotopic (exact) mass is 404 g/mol. The summed E-state index contributed by atoms with van der Waals surface area (Å²) in [5.74, 6) is -0.0856. The van der Waals surface area contributed by atoms with Crippen LogP contribution in [0.2, 0.25) is 0 Å². The molecular weight excluding hydrogens is 373 g/mol. The summed E-state index contributed by atoms with van der Waals surface area (Å²) in [5, 5.41) is 5.32. The molecular formula is C22H31FN3OS+. The molecule has 1 aliphatic heterocycles. The molecule has 2 heterocycles. The van der Waals surface area contributed by atoms with Gasteiger partial charge in [-0.2, -0.15) is 0 Å². The lowest BCUT2D eigenvalue weighted by molar-refractivity contribution is -0.933. The van der Waals surface area contributed by atoms with Crippen molar-refractivity contribution in [3.63, 3.8) is 0 Å². The van der Waals surface area contributed by atoms with E-state index in [1.165, 1.54) is 15.8 Å². The molecule has 2 atom stereocenters. The van der Waals surface area contributed by atoms with Crippen LogP contribution in [0.3, 0.4) is 0 Å². The van der Waals surface area contributed by atoms with Crippen molar-refractivity contribution in [3.05, 3.63) is 52.5 Å². The Labute approximate surface area is 171 Å². The van der Waals surface area contributed by atoms with E-state index in [2.05, 4.69) is 34.7 Å². The van der Waals surface area contributed by atoms with Gasteiger partial charge in [-0.25, -0.2) is 4.39 Å². The van der Waals surface area contributed by atoms with Gasteiger partial charge in [-0.3, -0.25) is 4.79 Å². The molecule has 0 saturated carbocycles. The summed E-state index contributed by atoms with van der Waals surface area (Å²) in [7, 11) is 0. The number of halogens is 1. The highest BCUT2D eigenvalue weighted by Crippen LogP contribution is 2.23. The fraction of sp³-hybridized carbons (Fsp3) is 0.500. The molecule has 152 valence electrons. The fourth-order valence-electron chi connectivity index (χ4n) is 3.83. The zero-order valence-electron chi connectivity index (χ0n) is 17.2. The minimum absolute atomic E-state index is 0.0281. The molecule has 28 heavy (non-hydrogen) atoms. The minimum atomic E-state index is -0.410. The second-order valence-corrected chi connectivity index (χ2v) is 9.58. The predicted octanol–water partition coefficient (Wildman–Crippen LogP) is 2.88. The molecule has 6 heteroatoms. The van der Waals surface area contributed by atoms with Crippen molar-refractivity contribution in [2.45, 2.75) is 39.8 Å². The number of hydrogen-bond acceptors (Lipinski definition) is 3. The molecule has 1 aromatic heterocycles. The maximum Gasteiger partial charge on any atom is 0.225 e. The highest BCUT2D eigenvalue weighted by Gasteiger charge is 2.36. The highest BCUT2D eigenvalue weighted by molar-refractivity contribution is 7.10. The van der Waals surface area contributed by atoms with Gasteiger partial charge in [0.15, 0.2) is 0 Å². The molecule has 0 aliphatic carbocycles. The Kier molecular flexibility index (Phi) is 6.40. The normalized spacial score (nSPS) is 18.0. The van der Waals surface area contributed by atoms with Gasteiger partial charge in [0.05, 0.1) is 42.8 Å². The number of para-hydroxylation sites is 1. The SMILES string of the molecule is C[C@H](NC(=O)C(C)(C)C)[C@@H](c1cccs1)[NH+]1CCN(c2ccccc2F)CC1. The third kappa shape index (κ3) is 4.73. The summed E-state index contributed by atoms with van der Waals surface area (Å²) in [6.45, 7) is 11.3. The van der Waals surface area contributed by atoms with Crippen LogP contribution in [0.5, 0.6) is 0 Å². The van der Waals surface area contributed by atoms with Crippen LogP contribution in [0.4, 0.5) is 10.1 Å². The van der Waals surface area contributed by atoms with E-state index in [4.69, 9.17) is 0 Å². The number of nitrogens with one attached hydrogen (secondary N) is 2. The molecule has 2 aromatic rings. The van der Waals surface area contributed by atoms with E-state index in [-0.39, 0.29) is 23.8 Å². The van der Waals surface area contributed by atoms with Gasteiger partial charge in [0.2, 0.25) is 5.91 Å². The molecule has 1 fully saturated rings. The van der Waals surface area contributed by atoms with Gasteiger partial charge in [0.25, 0.3) is 0 Å². The van der Waals surface area contributed by atoms with Crippen LogP contribution in [-0.2, 0) is 4.79 Å². The number of quaternary nitrogens is 1. The van der Waals surface area contributed by atoms with Gasteiger partial charge >= 0.3 is 0 Å². The molecule has 1 aliphatic rings. The van der Waals surface area contributed by atoms with Crippen LogP contribution >= 0.6 is 11.3 Å². The quantitative estimate of drug-likeness (QED) is 0.804. The molecule has 1 saturated heterocycles. The zero-order chi connectivity index (χ0) is 20.3. The first kappa shape index (κ1) is 20.8. The predicted molar refractivity (Wildman–Crippen MR) is 113 cm³/mol. The summed E-state index contributed by atoms with van der Waals surface area (Å²) in [6, 6.07) is 11.4. The number of rotatable bonds is 5. The lowest BCUT2D eigenvalue weighted by Gasteiger charge is -2.39. The topological polar surface area (TPSA) is 36.8 Å².